The minimum atomic E-state index is -0.506. The number of hydrogen-bond donors (Lipinski definition) is 0. The van der Waals surface area contributed by atoms with E-state index in [-0.39, 0.29) is 34.1 Å². The molecule has 2 atom stereocenters. The SMILES string of the molecule is CC1CN(C(=O)C2CCN(c3ccc(-n4ncc(Cl)c(Cl)c4=O)cc3Cl)CC2)CC(C)O1. The van der Waals surface area contributed by atoms with Crippen LogP contribution in [0.1, 0.15) is 26.7 Å². The van der Waals surface area contributed by atoms with Crippen LogP contribution in [0, 0.1) is 5.92 Å². The molecule has 3 heterocycles. The Kier molecular flexibility index (Phi) is 7.00. The molecule has 1 aromatic carbocycles. The lowest BCUT2D eigenvalue weighted by atomic mass is 9.94. The van der Waals surface area contributed by atoms with Crippen LogP contribution in [0.3, 0.4) is 0 Å². The topological polar surface area (TPSA) is 67.7 Å². The Morgan fingerprint density at radius 3 is 2.34 bits per heavy atom. The Bertz CT molecular complexity index is 1060. The highest BCUT2D eigenvalue weighted by atomic mass is 35.5. The predicted octanol–water partition coefficient (Wildman–Crippen LogP) is 4.04. The largest absolute Gasteiger partial charge is 0.372 e. The molecule has 1 aromatic heterocycles. The summed E-state index contributed by atoms with van der Waals surface area (Å²) in [5, 5.41) is 4.56. The van der Waals surface area contributed by atoms with Crippen LogP contribution in [0.5, 0.6) is 0 Å². The number of halogens is 3. The number of morpholine rings is 1. The average Bonchev–Trinajstić information content (AvgIpc) is 2.76. The molecule has 0 saturated carbocycles. The monoisotopic (exact) mass is 498 g/mol. The van der Waals surface area contributed by atoms with Crippen molar-refractivity contribution < 1.29 is 9.53 Å². The minimum absolute atomic E-state index is 0.0146. The second kappa shape index (κ2) is 9.59. The van der Waals surface area contributed by atoms with E-state index in [0.717, 1.165) is 31.6 Å². The van der Waals surface area contributed by atoms with E-state index < -0.39 is 5.56 Å². The highest BCUT2D eigenvalue weighted by Gasteiger charge is 2.33. The lowest BCUT2D eigenvalue weighted by molar-refractivity contribution is -0.148. The first-order chi connectivity index (χ1) is 15.2. The van der Waals surface area contributed by atoms with Crippen LogP contribution in [-0.2, 0) is 9.53 Å². The fourth-order valence-electron chi connectivity index (χ4n) is 4.46. The first-order valence-corrected chi connectivity index (χ1v) is 11.8. The van der Waals surface area contributed by atoms with Gasteiger partial charge >= 0.3 is 0 Å². The number of aromatic nitrogens is 2. The van der Waals surface area contributed by atoms with E-state index >= 15 is 0 Å². The van der Waals surface area contributed by atoms with Gasteiger partial charge in [-0.05, 0) is 44.9 Å². The van der Waals surface area contributed by atoms with Crippen LogP contribution in [0.25, 0.3) is 5.69 Å². The van der Waals surface area contributed by atoms with Crippen molar-refractivity contribution in [1.29, 1.82) is 0 Å². The molecule has 2 saturated heterocycles. The van der Waals surface area contributed by atoms with Gasteiger partial charge in [0.15, 0.2) is 0 Å². The molecule has 2 unspecified atom stereocenters. The summed E-state index contributed by atoms with van der Waals surface area (Å²) in [6.45, 7) is 6.78. The van der Waals surface area contributed by atoms with E-state index in [4.69, 9.17) is 39.5 Å². The van der Waals surface area contributed by atoms with Crippen molar-refractivity contribution in [2.24, 2.45) is 5.92 Å². The Morgan fingerprint density at radius 1 is 1.06 bits per heavy atom. The highest BCUT2D eigenvalue weighted by molar-refractivity contribution is 6.41. The predicted molar refractivity (Wildman–Crippen MR) is 126 cm³/mol. The zero-order valence-electron chi connectivity index (χ0n) is 17.9. The lowest BCUT2D eigenvalue weighted by Gasteiger charge is -2.39. The highest BCUT2D eigenvalue weighted by Crippen LogP contribution is 2.32. The maximum Gasteiger partial charge on any atom is 0.291 e. The van der Waals surface area contributed by atoms with Gasteiger partial charge in [0, 0.05) is 32.1 Å². The third-order valence-corrected chi connectivity index (χ3v) is 7.02. The van der Waals surface area contributed by atoms with E-state index in [9.17, 15) is 9.59 Å². The number of nitrogens with zero attached hydrogens (tertiary/aromatic N) is 4. The van der Waals surface area contributed by atoms with Gasteiger partial charge in [0.25, 0.3) is 5.56 Å². The van der Waals surface area contributed by atoms with Gasteiger partial charge in [-0.15, -0.1) is 0 Å². The first-order valence-electron chi connectivity index (χ1n) is 10.7. The Labute approximate surface area is 201 Å². The van der Waals surface area contributed by atoms with Crippen molar-refractivity contribution in [2.75, 3.05) is 31.1 Å². The molecule has 1 amide bonds. The van der Waals surface area contributed by atoms with E-state index in [1.165, 1.54) is 10.9 Å². The summed E-state index contributed by atoms with van der Waals surface area (Å²) in [6, 6.07) is 5.32. The molecule has 7 nitrogen and oxygen atoms in total. The Balaban J connectivity index is 1.43. The molecule has 2 aliphatic heterocycles. The third kappa shape index (κ3) is 4.76. The summed E-state index contributed by atoms with van der Waals surface area (Å²) >= 11 is 18.4. The van der Waals surface area contributed by atoms with Gasteiger partial charge in [-0.3, -0.25) is 9.59 Å². The van der Waals surface area contributed by atoms with Crippen LogP contribution in [0.4, 0.5) is 5.69 Å². The molecule has 0 N–H and O–H groups in total. The second-order valence-electron chi connectivity index (χ2n) is 8.42. The molecule has 0 bridgehead atoms. The summed E-state index contributed by atoms with van der Waals surface area (Å²) in [4.78, 5) is 29.5. The Hall–Kier alpha value is -1.80. The fourth-order valence-corrected chi connectivity index (χ4v) is 5.01. The fraction of sp³-hybridized carbons (Fsp3) is 0.500. The van der Waals surface area contributed by atoms with Crippen LogP contribution in [0.2, 0.25) is 15.1 Å². The zero-order chi connectivity index (χ0) is 23.0. The van der Waals surface area contributed by atoms with Gasteiger partial charge in [0.05, 0.1) is 39.8 Å². The molecular weight excluding hydrogens is 475 g/mol. The van der Waals surface area contributed by atoms with Gasteiger partial charge in [-0.25, -0.2) is 0 Å². The number of hydrogen-bond acceptors (Lipinski definition) is 5. The van der Waals surface area contributed by atoms with E-state index in [2.05, 4.69) is 10.00 Å². The van der Waals surface area contributed by atoms with Gasteiger partial charge < -0.3 is 14.5 Å². The number of carbonyl (C=O) groups is 1. The van der Waals surface area contributed by atoms with Crippen LogP contribution < -0.4 is 10.5 Å². The lowest BCUT2D eigenvalue weighted by Crippen LogP contribution is -2.51. The van der Waals surface area contributed by atoms with E-state index in [1.807, 2.05) is 24.8 Å². The standard InChI is InChI=1S/C22H25Cl3N4O3/c1-13-11-28(12-14(2)32-13)21(30)15-5-7-27(8-6-15)19-4-3-16(9-17(19)23)29-22(31)20(25)18(24)10-26-29/h3-4,9-10,13-15H,5-8,11-12H2,1-2H3. The minimum Gasteiger partial charge on any atom is -0.372 e. The van der Waals surface area contributed by atoms with Gasteiger partial charge in [-0.1, -0.05) is 34.8 Å². The molecule has 2 fully saturated rings. The second-order valence-corrected chi connectivity index (χ2v) is 9.61. The number of amides is 1. The van der Waals surface area contributed by atoms with E-state index in [1.54, 1.807) is 12.1 Å². The molecule has 10 heteroatoms. The normalized spacial score (nSPS) is 22.3. The molecule has 0 spiro atoms. The maximum atomic E-state index is 13.0. The van der Waals surface area contributed by atoms with Crippen molar-refractivity contribution >= 4 is 46.4 Å². The number of benzene rings is 1. The van der Waals surface area contributed by atoms with Crippen molar-refractivity contribution in [2.45, 2.75) is 38.9 Å². The number of rotatable bonds is 3. The van der Waals surface area contributed by atoms with Crippen molar-refractivity contribution in [3.8, 4) is 5.69 Å². The van der Waals surface area contributed by atoms with Crippen LogP contribution >= 0.6 is 34.8 Å². The molecule has 0 radical (unpaired) electrons. The summed E-state index contributed by atoms with van der Waals surface area (Å²) in [5.41, 5.74) is 0.861. The van der Waals surface area contributed by atoms with Crippen molar-refractivity contribution in [3.63, 3.8) is 0 Å². The number of piperidine rings is 1. The quantitative estimate of drug-likeness (QED) is 0.637. The van der Waals surface area contributed by atoms with E-state index in [0.29, 0.717) is 23.8 Å². The summed E-state index contributed by atoms with van der Waals surface area (Å²) in [5.74, 6) is 0.235. The van der Waals surface area contributed by atoms with Crippen LogP contribution in [0.15, 0.2) is 29.2 Å². The number of ether oxygens (including phenoxy) is 1. The molecule has 32 heavy (non-hydrogen) atoms. The van der Waals surface area contributed by atoms with Crippen LogP contribution in [-0.4, -0.2) is 59.0 Å². The maximum absolute atomic E-state index is 13.0. The number of carbonyl (C=O) groups excluding carboxylic acids is 1. The van der Waals surface area contributed by atoms with Gasteiger partial charge in [0.1, 0.15) is 5.02 Å². The zero-order valence-corrected chi connectivity index (χ0v) is 20.2. The molecule has 4 rings (SSSR count). The van der Waals surface area contributed by atoms with Crippen molar-refractivity contribution in [1.82, 2.24) is 14.7 Å². The number of anilines is 1. The first kappa shape index (κ1) is 23.4. The summed E-state index contributed by atoms with van der Waals surface area (Å²) < 4.78 is 6.91. The smallest absolute Gasteiger partial charge is 0.291 e. The molecule has 0 aliphatic carbocycles. The average molecular weight is 500 g/mol. The summed E-state index contributed by atoms with van der Waals surface area (Å²) in [7, 11) is 0. The molecule has 172 valence electrons. The van der Waals surface area contributed by atoms with Crippen molar-refractivity contribution in [3.05, 3.63) is 49.8 Å². The third-order valence-electron chi connectivity index (χ3n) is 5.97. The Morgan fingerprint density at radius 2 is 1.72 bits per heavy atom. The van der Waals surface area contributed by atoms with Gasteiger partial charge in [0.2, 0.25) is 5.91 Å². The summed E-state index contributed by atoms with van der Waals surface area (Å²) in [6.07, 6.45) is 3.00. The molecule has 2 aliphatic rings. The molecule has 2 aromatic rings. The molecular formula is C22H25Cl3N4O3. The van der Waals surface area contributed by atoms with Gasteiger partial charge in [-0.2, -0.15) is 9.78 Å².